The van der Waals surface area contributed by atoms with Gasteiger partial charge >= 0.3 is 0 Å². The number of benzene rings is 2. The Morgan fingerprint density at radius 1 is 0.384 bits per heavy atom. The van der Waals surface area contributed by atoms with E-state index in [9.17, 15) is 15.0 Å². The molecule has 0 unspecified atom stereocenters. The summed E-state index contributed by atoms with van der Waals surface area (Å²) in [5, 5.41) is 23.3. The summed E-state index contributed by atoms with van der Waals surface area (Å²) in [6.45, 7) is 31.8. The minimum atomic E-state index is -0.198. The molecule has 0 atom stereocenters. The third kappa shape index (κ3) is 27.9. The zero-order chi connectivity index (χ0) is 54.3. The van der Waals surface area contributed by atoms with E-state index < -0.39 is 0 Å². The van der Waals surface area contributed by atoms with Crippen molar-refractivity contribution in [3.05, 3.63) is 57.6 Å². The van der Waals surface area contributed by atoms with Crippen molar-refractivity contribution in [1.82, 2.24) is 4.90 Å². The predicted molar refractivity (Wildman–Crippen MR) is 322 cm³/mol. The number of aromatic hydroxyl groups is 2. The topological polar surface area (TPSA) is 60.8 Å². The van der Waals surface area contributed by atoms with E-state index in [1.807, 2.05) is 0 Å². The smallest absolute Gasteiger partial charge is 0.222 e. The largest absolute Gasteiger partial charge is 0.507 e. The number of phenols is 2. The van der Waals surface area contributed by atoms with Crippen molar-refractivity contribution in [1.29, 1.82) is 0 Å². The summed E-state index contributed by atoms with van der Waals surface area (Å²) in [6.07, 6.45) is 45.5. The maximum Gasteiger partial charge on any atom is 0.222 e. The highest BCUT2D eigenvalue weighted by molar-refractivity contribution is 5.76. The van der Waals surface area contributed by atoms with Crippen LogP contribution in [0.15, 0.2) is 24.3 Å². The maximum atomic E-state index is 14.8. The number of aryl methyl sites for hydroxylation is 2. The Kier molecular flexibility index (Phi) is 32.6. The van der Waals surface area contributed by atoms with Gasteiger partial charge in [-0.1, -0.05) is 307 Å². The van der Waals surface area contributed by atoms with Crippen molar-refractivity contribution in [2.75, 3.05) is 6.54 Å². The number of hydrogen-bond acceptors (Lipinski definition) is 3. The van der Waals surface area contributed by atoms with Crippen LogP contribution in [0.4, 0.5) is 0 Å². The van der Waals surface area contributed by atoms with Crippen molar-refractivity contribution >= 4 is 5.91 Å². The first-order valence-electron chi connectivity index (χ1n) is 31.6. The minimum absolute atomic E-state index is 0.0927. The zero-order valence-electron chi connectivity index (χ0n) is 51.3. The molecule has 0 aromatic heterocycles. The van der Waals surface area contributed by atoms with Gasteiger partial charge in [-0.2, -0.15) is 0 Å². The van der Waals surface area contributed by atoms with Gasteiger partial charge in [0.1, 0.15) is 11.5 Å². The van der Waals surface area contributed by atoms with E-state index in [-0.39, 0.29) is 27.7 Å². The highest BCUT2D eigenvalue weighted by atomic mass is 16.3. The molecular weight excluding hydrogens is 891 g/mol. The van der Waals surface area contributed by atoms with Crippen LogP contribution >= 0.6 is 0 Å². The fraction of sp³-hybridized carbons (Fsp3) is 0.812. The Balaban J connectivity index is 2.28. The molecule has 2 aromatic rings. The summed E-state index contributed by atoms with van der Waals surface area (Å²) in [6, 6.07) is 9.11. The molecule has 0 heterocycles. The molecule has 0 radical (unpaired) electrons. The number of hydrogen-bond donors (Lipinski definition) is 2. The van der Waals surface area contributed by atoms with Gasteiger partial charge in [0.25, 0.3) is 0 Å². The molecule has 4 nitrogen and oxygen atoms in total. The summed E-state index contributed by atoms with van der Waals surface area (Å²) in [5.74, 6) is 1.20. The van der Waals surface area contributed by atoms with E-state index in [4.69, 9.17) is 0 Å². The Morgan fingerprint density at radius 3 is 0.863 bits per heavy atom. The Bertz CT molecular complexity index is 1590. The van der Waals surface area contributed by atoms with Crippen LogP contribution < -0.4 is 0 Å². The Morgan fingerprint density at radius 2 is 0.616 bits per heavy atom. The number of rotatable bonds is 40. The van der Waals surface area contributed by atoms with Gasteiger partial charge in [-0.25, -0.2) is 0 Å². The van der Waals surface area contributed by atoms with E-state index in [1.54, 1.807) is 0 Å². The summed E-state index contributed by atoms with van der Waals surface area (Å²) in [5.41, 5.74) is 5.75. The van der Waals surface area contributed by atoms with Crippen LogP contribution in [0.25, 0.3) is 0 Å². The van der Waals surface area contributed by atoms with Gasteiger partial charge in [0.05, 0.1) is 0 Å². The number of phenolic OH excluding ortho intramolecular Hbond substituents is 2. The average molecular weight is 1010 g/mol. The molecule has 0 bridgehead atoms. The zero-order valence-corrected chi connectivity index (χ0v) is 51.3. The van der Waals surface area contributed by atoms with Crippen LogP contribution in [0.1, 0.15) is 349 Å². The molecule has 0 aliphatic heterocycles. The SMILES string of the molecule is CCCCCCCCCCCCCCCCCCN(C(=O)CCCCCCCCCCCCCCCCC)C(CCc1cc(C(C)(C)C)c(O)c(C(C)(C)C)c1)CCc1cc(C(C)(C)C)c(O)c(C(C)(C)C)c1. The highest BCUT2D eigenvalue weighted by Gasteiger charge is 2.30. The van der Waals surface area contributed by atoms with Crippen LogP contribution in [0, 0.1) is 0 Å². The van der Waals surface area contributed by atoms with Gasteiger partial charge in [0.15, 0.2) is 0 Å². The molecule has 0 fully saturated rings. The summed E-state index contributed by atoms with van der Waals surface area (Å²) < 4.78 is 0. The molecule has 73 heavy (non-hydrogen) atoms. The molecule has 1 amide bonds. The van der Waals surface area contributed by atoms with Crippen molar-refractivity contribution < 1.29 is 15.0 Å². The lowest BCUT2D eigenvalue weighted by Gasteiger charge is -2.34. The number of carbonyl (C=O) groups excluding carboxylic acids is 1. The molecule has 0 spiro atoms. The Labute approximate surface area is 455 Å². The lowest BCUT2D eigenvalue weighted by molar-refractivity contribution is -0.134. The highest BCUT2D eigenvalue weighted by Crippen LogP contribution is 2.42. The van der Waals surface area contributed by atoms with E-state index in [0.717, 1.165) is 73.7 Å². The number of amides is 1. The molecule has 0 aliphatic rings. The van der Waals surface area contributed by atoms with Gasteiger partial charge in [0, 0.05) is 19.0 Å². The molecule has 2 N–H and O–H groups in total. The molecule has 2 aromatic carbocycles. The van der Waals surface area contributed by atoms with E-state index in [2.05, 4.69) is 126 Å². The Hall–Kier alpha value is -2.49. The van der Waals surface area contributed by atoms with E-state index in [0.29, 0.717) is 23.8 Å². The second-order valence-corrected chi connectivity index (χ2v) is 27.4. The van der Waals surface area contributed by atoms with Crippen LogP contribution in [0.5, 0.6) is 11.5 Å². The lowest BCUT2D eigenvalue weighted by Crippen LogP contribution is -2.41. The minimum Gasteiger partial charge on any atom is -0.507 e. The quantitative estimate of drug-likeness (QED) is 0.0654. The predicted octanol–water partition coefficient (Wildman–Crippen LogP) is 21.6. The second-order valence-electron chi connectivity index (χ2n) is 27.4. The van der Waals surface area contributed by atoms with Gasteiger partial charge in [-0.15, -0.1) is 0 Å². The van der Waals surface area contributed by atoms with Crippen LogP contribution in [-0.4, -0.2) is 33.6 Å². The molecule has 0 saturated carbocycles. The van der Waals surface area contributed by atoms with Crippen LogP contribution in [0.3, 0.4) is 0 Å². The number of nitrogens with zero attached hydrogens (tertiary/aromatic N) is 1. The fourth-order valence-electron chi connectivity index (χ4n) is 11.2. The third-order valence-corrected chi connectivity index (χ3v) is 16.1. The van der Waals surface area contributed by atoms with Crippen molar-refractivity contribution in [3.8, 4) is 11.5 Å². The first-order valence-corrected chi connectivity index (χ1v) is 31.6. The maximum absolute atomic E-state index is 14.8. The number of carbonyl (C=O) groups is 1. The van der Waals surface area contributed by atoms with Gasteiger partial charge < -0.3 is 15.1 Å². The standard InChI is InChI=1S/C69H123NO3/c1-15-17-19-21-23-25-27-29-31-33-35-37-39-41-43-45-51-70(63(71)46-44-42-40-38-36-34-32-30-28-26-24-22-20-18-16-2)58(49-47-56-52-59(66(3,4)5)64(72)60(53-56)67(6,7)8)50-48-57-54-61(68(9,10)11)65(73)62(55-57)69(12,13)14/h52-55,58,72-73H,15-51H2,1-14H3. The fourth-order valence-corrected chi connectivity index (χ4v) is 11.2. The molecule has 2 rings (SSSR count). The van der Waals surface area contributed by atoms with Crippen molar-refractivity contribution in [2.45, 2.75) is 356 Å². The molecule has 4 heteroatoms. The monoisotopic (exact) mass is 1010 g/mol. The number of unbranched alkanes of at least 4 members (excludes halogenated alkanes) is 29. The van der Waals surface area contributed by atoms with Crippen LogP contribution in [0.2, 0.25) is 0 Å². The molecule has 0 aliphatic carbocycles. The third-order valence-electron chi connectivity index (χ3n) is 16.1. The molecule has 0 saturated heterocycles. The second kappa shape index (κ2) is 35.8. The first kappa shape index (κ1) is 66.6. The lowest BCUT2D eigenvalue weighted by atomic mass is 9.77. The molecule has 422 valence electrons. The first-order chi connectivity index (χ1) is 34.5. The molecular formula is C69H123NO3. The van der Waals surface area contributed by atoms with Gasteiger partial charge in [-0.3, -0.25) is 4.79 Å². The normalized spacial score (nSPS) is 12.6. The van der Waals surface area contributed by atoms with Crippen molar-refractivity contribution in [2.24, 2.45) is 0 Å². The summed E-state index contributed by atoms with van der Waals surface area (Å²) in [7, 11) is 0. The summed E-state index contributed by atoms with van der Waals surface area (Å²) >= 11 is 0. The van der Waals surface area contributed by atoms with Crippen molar-refractivity contribution in [3.63, 3.8) is 0 Å². The van der Waals surface area contributed by atoms with Crippen LogP contribution in [-0.2, 0) is 39.3 Å². The average Bonchev–Trinajstić information content (AvgIpc) is 3.30. The summed E-state index contributed by atoms with van der Waals surface area (Å²) in [4.78, 5) is 17.2. The van der Waals surface area contributed by atoms with Gasteiger partial charge in [-0.05, 0) is 93.6 Å². The van der Waals surface area contributed by atoms with E-state index in [1.165, 1.54) is 191 Å². The van der Waals surface area contributed by atoms with Gasteiger partial charge in [0.2, 0.25) is 5.91 Å². The van der Waals surface area contributed by atoms with E-state index >= 15 is 0 Å².